The molecule has 1 saturated heterocycles. The van der Waals surface area contributed by atoms with Crippen molar-refractivity contribution in [3.63, 3.8) is 0 Å². The molecular formula is C16H17BrFN3O3. The number of carboxylic acids is 1. The number of likely N-dealkylation sites (tertiary alicyclic amines) is 1. The van der Waals surface area contributed by atoms with Gasteiger partial charge >= 0.3 is 5.97 Å². The van der Waals surface area contributed by atoms with Crippen molar-refractivity contribution in [2.24, 2.45) is 0 Å². The largest absolute Gasteiger partial charge is 0.480 e. The molecule has 2 atom stereocenters. The number of carbonyl (C=O) groups is 1. The number of aliphatic carboxylic acids is 1. The standard InChI is InChI=1S/C16H17BrFN3O3/c1-9-19-15(24-20-9)10-3-2-6-21(8-10)14(16(22)23)12-5-4-11(17)7-13(12)18/h4-5,7,10,14H,2-3,6,8H2,1H3,(H,22,23). The number of aryl methyl sites for hydroxylation is 1. The summed E-state index contributed by atoms with van der Waals surface area (Å²) in [5, 5.41) is 13.5. The fourth-order valence-corrected chi connectivity index (χ4v) is 3.46. The van der Waals surface area contributed by atoms with Gasteiger partial charge < -0.3 is 9.63 Å². The third kappa shape index (κ3) is 3.49. The van der Waals surface area contributed by atoms with E-state index in [1.807, 2.05) is 0 Å². The summed E-state index contributed by atoms with van der Waals surface area (Å²) in [7, 11) is 0. The second-order valence-corrected chi connectivity index (χ2v) is 6.84. The van der Waals surface area contributed by atoms with E-state index in [4.69, 9.17) is 4.52 Å². The van der Waals surface area contributed by atoms with Crippen molar-refractivity contribution in [3.8, 4) is 0 Å². The summed E-state index contributed by atoms with van der Waals surface area (Å²) in [5.41, 5.74) is 0.160. The molecule has 0 saturated carbocycles. The number of nitrogens with zero attached hydrogens (tertiary/aromatic N) is 3. The molecule has 24 heavy (non-hydrogen) atoms. The van der Waals surface area contributed by atoms with Crippen LogP contribution in [0.25, 0.3) is 0 Å². The van der Waals surface area contributed by atoms with Gasteiger partial charge in [-0.3, -0.25) is 9.69 Å². The van der Waals surface area contributed by atoms with Crippen LogP contribution < -0.4 is 0 Å². The summed E-state index contributed by atoms with van der Waals surface area (Å²) in [5.74, 6) is -0.583. The maximum absolute atomic E-state index is 14.3. The van der Waals surface area contributed by atoms with Crippen LogP contribution >= 0.6 is 15.9 Å². The molecule has 0 aliphatic carbocycles. The molecule has 6 nitrogen and oxygen atoms in total. The highest BCUT2D eigenvalue weighted by Crippen LogP contribution is 2.33. The van der Waals surface area contributed by atoms with Crippen LogP contribution in [0, 0.1) is 12.7 Å². The molecule has 0 amide bonds. The molecule has 1 aromatic heterocycles. The van der Waals surface area contributed by atoms with E-state index in [1.165, 1.54) is 12.1 Å². The lowest BCUT2D eigenvalue weighted by molar-refractivity contribution is -0.144. The molecule has 128 valence electrons. The predicted molar refractivity (Wildman–Crippen MR) is 87.1 cm³/mol. The fourth-order valence-electron chi connectivity index (χ4n) is 3.13. The van der Waals surface area contributed by atoms with Gasteiger partial charge in [0.1, 0.15) is 11.9 Å². The monoisotopic (exact) mass is 397 g/mol. The van der Waals surface area contributed by atoms with Crippen LogP contribution in [0.4, 0.5) is 4.39 Å². The Bertz CT molecular complexity index is 752. The van der Waals surface area contributed by atoms with Crippen molar-refractivity contribution in [3.05, 3.63) is 45.8 Å². The highest BCUT2D eigenvalue weighted by molar-refractivity contribution is 9.10. The van der Waals surface area contributed by atoms with Crippen molar-refractivity contribution < 1.29 is 18.8 Å². The molecule has 1 aromatic carbocycles. The van der Waals surface area contributed by atoms with Gasteiger partial charge in [0.2, 0.25) is 5.89 Å². The van der Waals surface area contributed by atoms with E-state index in [2.05, 4.69) is 26.1 Å². The Morgan fingerprint density at radius 3 is 2.96 bits per heavy atom. The van der Waals surface area contributed by atoms with Gasteiger partial charge in [0.15, 0.2) is 5.82 Å². The summed E-state index contributed by atoms with van der Waals surface area (Å²) in [6, 6.07) is 3.41. The second kappa shape index (κ2) is 6.98. The van der Waals surface area contributed by atoms with Gasteiger partial charge in [0, 0.05) is 16.6 Å². The lowest BCUT2D eigenvalue weighted by Gasteiger charge is -2.35. The first kappa shape index (κ1) is 17.0. The quantitative estimate of drug-likeness (QED) is 0.852. The number of benzene rings is 1. The number of piperidine rings is 1. The van der Waals surface area contributed by atoms with E-state index in [1.54, 1.807) is 17.9 Å². The number of hydrogen-bond acceptors (Lipinski definition) is 5. The summed E-state index contributed by atoms with van der Waals surface area (Å²) < 4.78 is 20.1. The van der Waals surface area contributed by atoms with Crippen LogP contribution in [-0.4, -0.2) is 39.2 Å². The smallest absolute Gasteiger partial charge is 0.325 e. The second-order valence-electron chi connectivity index (χ2n) is 5.92. The van der Waals surface area contributed by atoms with E-state index >= 15 is 0 Å². The molecule has 0 spiro atoms. The number of aromatic nitrogens is 2. The lowest BCUT2D eigenvalue weighted by Crippen LogP contribution is -2.41. The third-order valence-corrected chi connectivity index (χ3v) is 4.69. The van der Waals surface area contributed by atoms with Crippen LogP contribution in [0.1, 0.15) is 42.1 Å². The van der Waals surface area contributed by atoms with E-state index in [-0.39, 0.29) is 11.5 Å². The lowest BCUT2D eigenvalue weighted by atomic mass is 9.94. The average molecular weight is 398 g/mol. The van der Waals surface area contributed by atoms with Gasteiger partial charge in [-0.15, -0.1) is 0 Å². The van der Waals surface area contributed by atoms with Crippen molar-refractivity contribution >= 4 is 21.9 Å². The Morgan fingerprint density at radius 1 is 1.54 bits per heavy atom. The van der Waals surface area contributed by atoms with Gasteiger partial charge in [-0.1, -0.05) is 27.2 Å². The number of rotatable bonds is 4. The maximum Gasteiger partial charge on any atom is 0.325 e. The SMILES string of the molecule is Cc1noc(C2CCCN(C(C(=O)O)c3ccc(Br)cc3F)C2)n1. The van der Waals surface area contributed by atoms with E-state index in [0.717, 1.165) is 12.8 Å². The molecule has 8 heteroatoms. The van der Waals surface area contributed by atoms with Crippen LogP contribution in [-0.2, 0) is 4.79 Å². The minimum Gasteiger partial charge on any atom is -0.480 e. The highest BCUT2D eigenvalue weighted by Gasteiger charge is 2.35. The molecule has 1 fully saturated rings. The molecule has 1 aliphatic heterocycles. The van der Waals surface area contributed by atoms with Crippen LogP contribution in [0.15, 0.2) is 27.2 Å². The average Bonchev–Trinajstić information content (AvgIpc) is 2.96. The number of halogens is 2. The minimum absolute atomic E-state index is 0.0414. The van der Waals surface area contributed by atoms with E-state index < -0.39 is 17.8 Å². The molecule has 0 radical (unpaired) electrons. The Kier molecular flexibility index (Phi) is 4.96. The van der Waals surface area contributed by atoms with Crippen LogP contribution in [0.3, 0.4) is 0 Å². The first-order valence-electron chi connectivity index (χ1n) is 7.67. The maximum atomic E-state index is 14.3. The fraction of sp³-hybridized carbons (Fsp3) is 0.438. The summed E-state index contributed by atoms with van der Waals surface area (Å²) >= 11 is 3.19. The van der Waals surface area contributed by atoms with Gasteiger partial charge in [0.05, 0.1) is 5.92 Å². The molecule has 3 rings (SSSR count). The first-order chi connectivity index (χ1) is 11.5. The first-order valence-corrected chi connectivity index (χ1v) is 8.47. The van der Waals surface area contributed by atoms with Gasteiger partial charge in [-0.2, -0.15) is 4.98 Å². The zero-order valence-corrected chi connectivity index (χ0v) is 14.7. The Balaban J connectivity index is 1.87. The molecule has 1 N–H and O–H groups in total. The molecule has 0 bridgehead atoms. The Hall–Kier alpha value is -1.80. The van der Waals surface area contributed by atoms with Gasteiger partial charge in [-0.05, 0) is 38.4 Å². The summed E-state index contributed by atoms with van der Waals surface area (Å²) in [4.78, 5) is 17.8. The number of hydrogen-bond donors (Lipinski definition) is 1. The van der Waals surface area contributed by atoms with E-state index in [9.17, 15) is 14.3 Å². The van der Waals surface area contributed by atoms with Gasteiger partial charge in [0.25, 0.3) is 0 Å². The Labute approximate surface area is 146 Å². The predicted octanol–water partition coefficient (Wildman–Crippen LogP) is 3.28. The van der Waals surface area contributed by atoms with Crippen molar-refractivity contribution in [1.82, 2.24) is 15.0 Å². The minimum atomic E-state index is -1.07. The van der Waals surface area contributed by atoms with Crippen molar-refractivity contribution in [1.29, 1.82) is 0 Å². The van der Waals surface area contributed by atoms with Crippen molar-refractivity contribution in [2.75, 3.05) is 13.1 Å². The summed E-state index contributed by atoms with van der Waals surface area (Å²) in [6.45, 7) is 2.76. The zero-order valence-electron chi connectivity index (χ0n) is 13.1. The highest BCUT2D eigenvalue weighted by atomic mass is 79.9. The molecule has 2 unspecified atom stereocenters. The van der Waals surface area contributed by atoms with Crippen molar-refractivity contribution in [2.45, 2.75) is 31.7 Å². The van der Waals surface area contributed by atoms with Gasteiger partial charge in [-0.25, -0.2) is 4.39 Å². The van der Waals surface area contributed by atoms with E-state index in [0.29, 0.717) is 29.3 Å². The normalized spacial score (nSPS) is 20.0. The molecular weight excluding hydrogens is 381 g/mol. The zero-order chi connectivity index (χ0) is 17.3. The molecule has 2 heterocycles. The van der Waals surface area contributed by atoms with Crippen LogP contribution in [0.5, 0.6) is 0 Å². The van der Waals surface area contributed by atoms with Crippen LogP contribution in [0.2, 0.25) is 0 Å². The number of carboxylic acid groups (broad SMARTS) is 1. The molecule has 2 aromatic rings. The third-order valence-electron chi connectivity index (χ3n) is 4.20. The summed E-state index contributed by atoms with van der Waals surface area (Å²) in [6.07, 6.45) is 1.63. The molecule has 1 aliphatic rings. The topological polar surface area (TPSA) is 79.5 Å². The Morgan fingerprint density at radius 2 is 2.33 bits per heavy atom.